The third kappa shape index (κ3) is 2.76. The van der Waals surface area contributed by atoms with Crippen LogP contribution in [0.15, 0.2) is 41.9 Å². The van der Waals surface area contributed by atoms with Gasteiger partial charge in [-0.3, -0.25) is 4.57 Å². The lowest BCUT2D eigenvalue weighted by Gasteiger charge is -2.13. The first kappa shape index (κ1) is 15.1. The summed E-state index contributed by atoms with van der Waals surface area (Å²) in [5, 5.41) is 2.35. The molecule has 2 nitrogen and oxygen atoms in total. The summed E-state index contributed by atoms with van der Waals surface area (Å²) >= 11 is 7.20. The smallest absolute Gasteiger partial charge is 0.288 e. The van der Waals surface area contributed by atoms with Crippen LogP contribution in [0.5, 0.6) is 0 Å². The molecule has 0 atom stereocenters. The molecule has 114 valence electrons. The van der Waals surface area contributed by atoms with E-state index < -0.39 is 12.0 Å². The van der Waals surface area contributed by atoms with Gasteiger partial charge < -0.3 is 0 Å². The molecule has 2 aromatic heterocycles. The summed E-state index contributed by atoms with van der Waals surface area (Å²) in [6.07, 6.45) is -3.28. The van der Waals surface area contributed by atoms with E-state index in [1.165, 1.54) is 17.5 Å². The van der Waals surface area contributed by atoms with E-state index in [1.807, 2.05) is 18.4 Å². The lowest BCUT2D eigenvalue weighted by atomic mass is 10.2. The fraction of sp³-hybridized carbons (Fsp3) is 0.133. The maximum atomic E-state index is 13.2. The van der Waals surface area contributed by atoms with Crippen molar-refractivity contribution in [3.8, 4) is 16.3 Å². The van der Waals surface area contributed by atoms with Crippen molar-refractivity contribution in [3.05, 3.63) is 58.3 Å². The number of nitrogens with zero attached hydrogens (tertiary/aromatic N) is 2. The van der Waals surface area contributed by atoms with Gasteiger partial charge in [0, 0.05) is 10.7 Å². The Labute approximate surface area is 133 Å². The Morgan fingerprint density at radius 2 is 1.86 bits per heavy atom. The third-order valence-corrected chi connectivity index (χ3v) is 4.41. The number of alkyl halides is 3. The Morgan fingerprint density at radius 1 is 1.18 bits per heavy atom. The zero-order valence-corrected chi connectivity index (χ0v) is 12.9. The zero-order valence-electron chi connectivity index (χ0n) is 11.4. The maximum Gasteiger partial charge on any atom is 0.450 e. The monoisotopic (exact) mass is 342 g/mol. The fourth-order valence-electron chi connectivity index (χ4n) is 2.14. The highest BCUT2D eigenvalue weighted by Gasteiger charge is 2.38. The fourth-order valence-corrected chi connectivity index (χ4v) is 3.17. The zero-order chi connectivity index (χ0) is 15.9. The van der Waals surface area contributed by atoms with Crippen LogP contribution < -0.4 is 0 Å². The molecule has 3 aromatic rings. The second kappa shape index (κ2) is 5.44. The lowest BCUT2D eigenvalue weighted by Crippen LogP contribution is -2.14. The summed E-state index contributed by atoms with van der Waals surface area (Å²) in [6, 6.07) is 8.04. The molecule has 3 rings (SSSR count). The van der Waals surface area contributed by atoms with Crippen LogP contribution >= 0.6 is 22.9 Å². The van der Waals surface area contributed by atoms with Crippen LogP contribution in [0.4, 0.5) is 13.2 Å². The van der Waals surface area contributed by atoms with Crippen molar-refractivity contribution in [2.75, 3.05) is 0 Å². The minimum absolute atomic E-state index is 0.371. The average Bonchev–Trinajstić information content (AvgIpc) is 3.04. The first-order chi connectivity index (χ1) is 10.4. The highest BCUT2D eigenvalue weighted by molar-refractivity contribution is 7.13. The van der Waals surface area contributed by atoms with Crippen LogP contribution in [-0.4, -0.2) is 9.55 Å². The van der Waals surface area contributed by atoms with Crippen molar-refractivity contribution in [1.29, 1.82) is 0 Å². The van der Waals surface area contributed by atoms with Gasteiger partial charge in [0.2, 0.25) is 5.82 Å². The van der Waals surface area contributed by atoms with Gasteiger partial charge in [0.05, 0.1) is 16.8 Å². The number of hydrogen-bond acceptors (Lipinski definition) is 2. The number of aromatic nitrogens is 2. The second-order valence-corrected chi connectivity index (χ2v) is 6.11. The predicted molar refractivity (Wildman–Crippen MR) is 81.6 cm³/mol. The lowest BCUT2D eigenvalue weighted by molar-refractivity contribution is -0.145. The number of rotatable bonds is 2. The van der Waals surface area contributed by atoms with Gasteiger partial charge in [-0.05, 0) is 48.2 Å². The van der Waals surface area contributed by atoms with Gasteiger partial charge in [0.25, 0.3) is 0 Å². The van der Waals surface area contributed by atoms with E-state index in [2.05, 4.69) is 4.98 Å². The predicted octanol–water partition coefficient (Wildman–Crippen LogP) is 5.58. The van der Waals surface area contributed by atoms with Gasteiger partial charge in [-0.15, -0.1) is 11.3 Å². The van der Waals surface area contributed by atoms with Gasteiger partial charge in [0.1, 0.15) is 0 Å². The molecule has 0 aliphatic carbocycles. The molecule has 0 unspecified atom stereocenters. The highest BCUT2D eigenvalue weighted by Crippen LogP contribution is 2.36. The maximum absolute atomic E-state index is 13.2. The van der Waals surface area contributed by atoms with Crippen LogP contribution in [0.3, 0.4) is 0 Å². The van der Waals surface area contributed by atoms with E-state index in [0.717, 1.165) is 15.0 Å². The SMILES string of the molecule is Cc1csc(-c2cnc(C(F)(F)F)n2-c2ccc(Cl)cc2)c1. The summed E-state index contributed by atoms with van der Waals surface area (Å²) in [6.45, 7) is 1.90. The van der Waals surface area contributed by atoms with Crippen LogP contribution in [-0.2, 0) is 6.18 Å². The van der Waals surface area contributed by atoms with Crippen molar-refractivity contribution < 1.29 is 13.2 Å². The number of benzene rings is 1. The Kier molecular flexibility index (Phi) is 3.74. The normalized spacial score (nSPS) is 11.9. The third-order valence-electron chi connectivity index (χ3n) is 3.08. The summed E-state index contributed by atoms with van der Waals surface area (Å²) in [7, 11) is 0. The Bertz CT molecular complexity index is 803. The molecular formula is C15H10ClF3N2S. The average molecular weight is 343 g/mol. The first-order valence-electron chi connectivity index (χ1n) is 6.32. The van der Waals surface area contributed by atoms with E-state index >= 15 is 0 Å². The molecule has 7 heteroatoms. The Hall–Kier alpha value is -1.79. The first-order valence-corrected chi connectivity index (χ1v) is 7.58. The molecule has 22 heavy (non-hydrogen) atoms. The minimum atomic E-state index is -4.54. The molecule has 0 N–H and O–H groups in total. The Balaban J connectivity index is 2.24. The van der Waals surface area contributed by atoms with Gasteiger partial charge in [-0.1, -0.05) is 11.6 Å². The van der Waals surface area contributed by atoms with Gasteiger partial charge in [-0.2, -0.15) is 13.2 Å². The number of aryl methyl sites for hydroxylation is 1. The van der Waals surface area contributed by atoms with E-state index in [0.29, 0.717) is 16.4 Å². The molecule has 0 radical (unpaired) electrons. The quantitative estimate of drug-likeness (QED) is 0.594. The summed E-state index contributed by atoms with van der Waals surface area (Å²) < 4.78 is 40.8. The molecule has 0 fully saturated rings. The van der Waals surface area contributed by atoms with Crippen LogP contribution in [0, 0.1) is 6.92 Å². The number of imidazole rings is 1. The van der Waals surface area contributed by atoms with E-state index in [9.17, 15) is 13.2 Å². The van der Waals surface area contributed by atoms with E-state index in [4.69, 9.17) is 11.6 Å². The topological polar surface area (TPSA) is 17.8 Å². The molecule has 0 aliphatic heterocycles. The van der Waals surface area contributed by atoms with Crippen molar-refractivity contribution in [2.24, 2.45) is 0 Å². The van der Waals surface area contributed by atoms with Crippen LogP contribution in [0.25, 0.3) is 16.3 Å². The summed E-state index contributed by atoms with van der Waals surface area (Å²) in [5.74, 6) is -0.948. The number of halogens is 4. The van der Waals surface area contributed by atoms with Gasteiger partial charge >= 0.3 is 6.18 Å². The molecule has 2 heterocycles. The Morgan fingerprint density at radius 3 is 2.41 bits per heavy atom. The molecule has 0 saturated carbocycles. The van der Waals surface area contributed by atoms with Crippen molar-refractivity contribution in [2.45, 2.75) is 13.1 Å². The number of thiophene rings is 1. The van der Waals surface area contributed by atoms with Crippen molar-refractivity contribution >= 4 is 22.9 Å². The van der Waals surface area contributed by atoms with E-state index in [-0.39, 0.29) is 0 Å². The molecule has 0 spiro atoms. The highest BCUT2D eigenvalue weighted by atomic mass is 35.5. The molecule has 0 amide bonds. The summed E-state index contributed by atoms with van der Waals surface area (Å²) in [5.41, 5.74) is 1.78. The van der Waals surface area contributed by atoms with Crippen LogP contribution in [0.2, 0.25) is 5.02 Å². The molecule has 0 saturated heterocycles. The molecule has 1 aromatic carbocycles. The van der Waals surface area contributed by atoms with Gasteiger partial charge in [-0.25, -0.2) is 4.98 Å². The molecular weight excluding hydrogens is 333 g/mol. The van der Waals surface area contributed by atoms with Crippen LogP contribution in [0.1, 0.15) is 11.4 Å². The second-order valence-electron chi connectivity index (χ2n) is 4.76. The molecule has 0 aliphatic rings. The summed E-state index contributed by atoms with van der Waals surface area (Å²) in [4.78, 5) is 4.32. The minimum Gasteiger partial charge on any atom is -0.288 e. The largest absolute Gasteiger partial charge is 0.450 e. The van der Waals surface area contributed by atoms with E-state index in [1.54, 1.807) is 24.3 Å². The standard InChI is InChI=1S/C15H10ClF3N2S/c1-9-6-13(22-8-9)12-7-20-14(15(17,18)19)21(12)11-4-2-10(16)3-5-11/h2-8H,1H3. The van der Waals surface area contributed by atoms with Crippen molar-refractivity contribution in [1.82, 2.24) is 9.55 Å². The van der Waals surface area contributed by atoms with Crippen molar-refractivity contribution in [3.63, 3.8) is 0 Å². The molecule has 0 bridgehead atoms. The van der Waals surface area contributed by atoms with Gasteiger partial charge in [0.15, 0.2) is 0 Å². The number of hydrogen-bond donors (Lipinski definition) is 0.